The second-order valence-electron chi connectivity index (χ2n) is 10.6. The Labute approximate surface area is 238 Å². The summed E-state index contributed by atoms with van der Waals surface area (Å²) >= 11 is 0. The second kappa shape index (κ2) is 13.3. The molecule has 2 saturated carbocycles. The normalized spacial score (nSPS) is 22.3. The molecule has 41 heavy (non-hydrogen) atoms. The molecule has 214 valence electrons. The average Bonchev–Trinajstić information content (AvgIpc) is 3.73. The average molecular weight is 559 g/mol. The molecule has 0 aliphatic heterocycles. The summed E-state index contributed by atoms with van der Waals surface area (Å²) in [4.78, 5) is 22.5. The summed E-state index contributed by atoms with van der Waals surface area (Å²) in [6.07, 6.45) is 6.38. The van der Waals surface area contributed by atoms with Gasteiger partial charge in [-0.25, -0.2) is 0 Å². The lowest BCUT2D eigenvalue weighted by atomic mass is 9.82. The lowest BCUT2D eigenvalue weighted by molar-refractivity contribution is -0.146. The van der Waals surface area contributed by atoms with Gasteiger partial charge in [-0.05, 0) is 75.6 Å². The van der Waals surface area contributed by atoms with Crippen molar-refractivity contribution >= 4 is 11.9 Å². The zero-order valence-electron chi connectivity index (χ0n) is 23.0. The lowest BCUT2D eigenvalue weighted by Crippen LogP contribution is -2.22. The number of esters is 1. The van der Waals surface area contributed by atoms with E-state index in [9.17, 15) is 9.59 Å². The molecule has 2 aromatic heterocycles. The number of aliphatic carboxylic acids is 1. The molecule has 0 saturated heterocycles. The minimum Gasteiger partial charge on any atom is -0.481 e. The fourth-order valence-corrected chi connectivity index (χ4v) is 5.52. The number of benzene rings is 2. The third-order valence-corrected chi connectivity index (χ3v) is 7.96. The fraction of sp³-hybridized carbons (Fsp3) is 0.419. The van der Waals surface area contributed by atoms with Crippen LogP contribution in [0, 0.1) is 11.8 Å². The molecule has 4 aromatic rings. The second-order valence-corrected chi connectivity index (χ2v) is 10.6. The summed E-state index contributed by atoms with van der Waals surface area (Å²) in [5.41, 5.74) is 1.84. The molecule has 2 aromatic carbocycles. The van der Waals surface area contributed by atoms with Crippen LogP contribution in [0.1, 0.15) is 75.0 Å². The molecule has 0 bridgehead atoms. The topological polar surface area (TPSA) is 141 Å². The van der Waals surface area contributed by atoms with Crippen molar-refractivity contribution < 1.29 is 28.3 Å². The van der Waals surface area contributed by atoms with E-state index in [-0.39, 0.29) is 29.6 Å². The zero-order valence-corrected chi connectivity index (χ0v) is 23.0. The number of hydrogen-bond acceptors (Lipinski definition) is 9. The monoisotopic (exact) mass is 558 g/mol. The summed E-state index contributed by atoms with van der Waals surface area (Å²) in [5, 5.41) is 25.5. The first-order valence-corrected chi connectivity index (χ1v) is 14.1. The molecule has 2 fully saturated rings. The van der Waals surface area contributed by atoms with Gasteiger partial charge in [-0.1, -0.05) is 36.4 Å². The molecule has 6 rings (SSSR count). The van der Waals surface area contributed by atoms with Crippen LogP contribution in [0.5, 0.6) is 0 Å². The van der Waals surface area contributed by atoms with Crippen molar-refractivity contribution in [3.05, 3.63) is 72.4 Å². The highest BCUT2D eigenvalue weighted by molar-refractivity contribution is 5.72. The molecule has 0 unspecified atom stereocenters. The van der Waals surface area contributed by atoms with Crippen LogP contribution < -0.4 is 0 Å². The first kappa shape index (κ1) is 28.2. The minimum atomic E-state index is -0.695. The number of rotatable bonds is 6. The van der Waals surface area contributed by atoms with Crippen molar-refractivity contribution in [1.82, 2.24) is 20.4 Å². The van der Waals surface area contributed by atoms with Crippen molar-refractivity contribution in [2.45, 2.75) is 63.2 Å². The Balaban J connectivity index is 0.000000165. The van der Waals surface area contributed by atoms with Gasteiger partial charge in [0.25, 0.3) is 0 Å². The Kier molecular flexibility index (Phi) is 9.18. The molecule has 0 spiro atoms. The zero-order chi connectivity index (χ0) is 28.6. The molecular formula is C31H34N4O6. The van der Waals surface area contributed by atoms with Gasteiger partial charge in [0.05, 0.1) is 18.9 Å². The first-order valence-electron chi connectivity index (χ1n) is 14.1. The van der Waals surface area contributed by atoms with Gasteiger partial charge in [0.1, 0.15) is 0 Å². The van der Waals surface area contributed by atoms with Gasteiger partial charge in [0.15, 0.2) is 0 Å². The number of hydrogen-bond donors (Lipinski definition) is 1. The van der Waals surface area contributed by atoms with Crippen LogP contribution in [0.2, 0.25) is 0 Å². The molecule has 1 N–H and O–H groups in total. The Morgan fingerprint density at radius 2 is 1.07 bits per heavy atom. The van der Waals surface area contributed by atoms with Crippen LogP contribution >= 0.6 is 0 Å². The van der Waals surface area contributed by atoms with E-state index in [2.05, 4.69) is 20.4 Å². The molecule has 10 heteroatoms. The summed E-state index contributed by atoms with van der Waals surface area (Å²) in [6.45, 7) is 0. The Morgan fingerprint density at radius 3 is 1.46 bits per heavy atom. The highest BCUT2D eigenvalue weighted by Crippen LogP contribution is 2.37. The number of carboxylic acid groups (broad SMARTS) is 1. The molecule has 0 amide bonds. The highest BCUT2D eigenvalue weighted by atomic mass is 16.5. The number of aromatic nitrogens is 4. The van der Waals surface area contributed by atoms with Crippen molar-refractivity contribution in [2.75, 3.05) is 7.11 Å². The quantitative estimate of drug-likeness (QED) is 0.269. The Bertz CT molecular complexity index is 1400. The smallest absolute Gasteiger partial charge is 0.308 e. The number of methoxy groups -OCH3 is 1. The third-order valence-electron chi connectivity index (χ3n) is 7.96. The number of nitrogens with zero attached hydrogens (tertiary/aromatic N) is 4. The summed E-state index contributed by atoms with van der Waals surface area (Å²) in [6, 6.07) is 19.4. The van der Waals surface area contributed by atoms with E-state index < -0.39 is 5.97 Å². The van der Waals surface area contributed by atoms with Gasteiger partial charge in [-0.3, -0.25) is 9.59 Å². The van der Waals surface area contributed by atoms with Crippen LogP contribution in [0.4, 0.5) is 0 Å². The Morgan fingerprint density at radius 1 is 0.659 bits per heavy atom. The standard InChI is InChI=1S/C16H18N2O3.C15H16N2O3/c1-20-16(19)13-9-7-12(8-10-13)15-18-17-14(21-15)11-5-3-2-4-6-11;18-15(19)12-8-6-11(7-9-12)14-17-16-13(20-14)10-4-2-1-3-5-10/h2-6,12-13H,7-10H2,1H3;1-5,11-12H,6-9H2,(H,18,19). The predicted octanol–water partition coefficient (Wildman–Crippen LogP) is 6.28. The summed E-state index contributed by atoms with van der Waals surface area (Å²) < 4.78 is 16.3. The van der Waals surface area contributed by atoms with Crippen LogP contribution in [-0.4, -0.2) is 44.5 Å². The van der Waals surface area contributed by atoms with Gasteiger partial charge in [0, 0.05) is 23.0 Å². The van der Waals surface area contributed by atoms with Gasteiger partial charge in [0.2, 0.25) is 23.6 Å². The summed E-state index contributed by atoms with van der Waals surface area (Å²) in [7, 11) is 1.44. The largest absolute Gasteiger partial charge is 0.481 e. The third kappa shape index (κ3) is 7.06. The van der Waals surface area contributed by atoms with Crippen LogP contribution in [0.15, 0.2) is 69.5 Å². The molecule has 0 radical (unpaired) electrons. The number of carbonyl (C=O) groups excluding carboxylic acids is 1. The van der Waals surface area contributed by atoms with Gasteiger partial charge < -0.3 is 18.7 Å². The van der Waals surface area contributed by atoms with Crippen molar-refractivity contribution in [2.24, 2.45) is 11.8 Å². The molecule has 2 heterocycles. The van der Waals surface area contributed by atoms with E-state index in [4.69, 9.17) is 18.7 Å². The van der Waals surface area contributed by atoms with E-state index in [0.29, 0.717) is 36.4 Å². The number of carbonyl (C=O) groups is 2. The number of ether oxygens (including phenoxy) is 1. The minimum absolute atomic E-state index is 0.0164. The van der Waals surface area contributed by atoms with E-state index in [1.807, 2.05) is 60.7 Å². The summed E-state index contributed by atoms with van der Waals surface area (Å²) in [5.74, 6) is 1.83. The van der Waals surface area contributed by atoms with E-state index >= 15 is 0 Å². The molecular weight excluding hydrogens is 524 g/mol. The van der Waals surface area contributed by atoms with Crippen LogP contribution in [0.3, 0.4) is 0 Å². The van der Waals surface area contributed by atoms with Crippen LogP contribution in [0.25, 0.3) is 22.9 Å². The van der Waals surface area contributed by atoms with Gasteiger partial charge in [-0.15, -0.1) is 20.4 Å². The van der Waals surface area contributed by atoms with Crippen LogP contribution in [-0.2, 0) is 14.3 Å². The maximum absolute atomic E-state index is 11.5. The maximum atomic E-state index is 11.5. The van der Waals surface area contributed by atoms with Gasteiger partial charge in [-0.2, -0.15) is 0 Å². The first-order chi connectivity index (χ1) is 20.0. The number of carboxylic acids is 1. The maximum Gasteiger partial charge on any atom is 0.308 e. The van der Waals surface area contributed by atoms with Gasteiger partial charge >= 0.3 is 11.9 Å². The molecule has 10 nitrogen and oxygen atoms in total. The fourth-order valence-electron chi connectivity index (χ4n) is 5.52. The van der Waals surface area contributed by atoms with E-state index in [0.717, 1.165) is 49.7 Å². The molecule has 2 aliphatic rings. The lowest BCUT2D eigenvalue weighted by Gasteiger charge is -2.24. The highest BCUT2D eigenvalue weighted by Gasteiger charge is 2.31. The van der Waals surface area contributed by atoms with E-state index in [1.165, 1.54) is 7.11 Å². The Hall–Kier alpha value is -4.34. The molecule has 0 atom stereocenters. The predicted molar refractivity (Wildman–Crippen MR) is 149 cm³/mol. The van der Waals surface area contributed by atoms with Crippen molar-refractivity contribution in [3.63, 3.8) is 0 Å². The van der Waals surface area contributed by atoms with Crippen molar-refractivity contribution in [3.8, 4) is 22.9 Å². The SMILES string of the molecule is COC(=O)C1CCC(c2nnc(-c3ccccc3)o2)CC1.O=C(O)C1CCC(c2nnc(-c3ccccc3)o2)CC1. The molecule has 2 aliphatic carbocycles. The van der Waals surface area contributed by atoms with E-state index in [1.54, 1.807) is 0 Å². The van der Waals surface area contributed by atoms with Crippen molar-refractivity contribution in [1.29, 1.82) is 0 Å².